The van der Waals surface area contributed by atoms with Crippen LogP contribution < -0.4 is 15.0 Å². The second-order valence-corrected chi connectivity index (χ2v) is 8.34. The van der Waals surface area contributed by atoms with Gasteiger partial charge in [0.25, 0.3) is 11.8 Å². The summed E-state index contributed by atoms with van der Waals surface area (Å²) in [4.78, 5) is 28.7. The highest BCUT2D eigenvalue weighted by molar-refractivity contribution is 6.46. The Labute approximate surface area is 194 Å². The summed E-state index contributed by atoms with van der Waals surface area (Å²) in [5.74, 6) is -0.281. The van der Waals surface area contributed by atoms with Crippen LogP contribution in [0.4, 0.5) is 11.4 Å². The average molecular weight is 441 g/mol. The highest BCUT2D eigenvalue weighted by Crippen LogP contribution is 2.38. The first-order valence-electron chi connectivity index (χ1n) is 11.1. The second kappa shape index (κ2) is 8.94. The van der Waals surface area contributed by atoms with Crippen LogP contribution >= 0.6 is 0 Å². The van der Waals surface area contributed by atoms with E-state index in [-0.39, 0.29) is 11.6 Å². The van der Waals surface area contributed by atoms with Crippen LogP contribution in [-0.4, -0.2) is 18.4 Å². The SMILES string of the molecule is CCOc1ccccc1N1C(=O)C(Nc2ccc(C)cc2C)=C(c2ccc(C)c(C)c2)C1=O. The van der Waals surface area contributed by atoms with Crippen LogP contribution in [0.25, 0.3) is 5.57 Å². The van der Waals surface area contributed by atoms with Crippen molar-refractivity contribution in [1.29, 1.82) is 0 Å². The summed E-state index contributed by atoms with van der Waals surface area (Å²) < 4.78 is 5.72. The van der Waals surface area contributed by atoms with E-state index in [0.717, 1.165) is 27.9 Å². The molecule has 3 aromatic rings. The Bertz CT molecular complexity index is 1290. The Kier molecular flexibility index (Phi) is 6.05. The molecule has 1 aliphatic heterocycles. The number of anilines is 2. The molecule has 0 radical (unpaired) electrons. The number of nitrogens with zero attached hydrogens (tertiary/aromatic N) is 1. The molecule has 0 spiro atoms. The summed E-state index contributed by atoms with van der Waals surface area (Å²) in [5.41, 5.74) is 6.86. The first-order chi connectivity index (χ1) is 15.8. The van der Waals surface area contributed by atoms with Gasteiger partial charge in [0, 0.05) is 5.69 Å². The first kappa shape index (κ1) is 22.3. The number of hydrogen-bond donors (Lipinski definition) is 1. The Balaban J connectivity index is 1.87. The number of aryl methyl sites for hydroxylation is 4. The summed E-state index contributed by atoms with van der Waals surface area (Å²) in [7, 11) is 0. The third-order valence-corrected chi connectivity index (χ3v) is 5.93. The van der Waals surface area contributed by atoms with E-state index in [1.165, 1.54) is 4.90 Å². The van der Waals surface area contributed by atoms with Crippen LogP contribution in [-0.2, 0) is 9.59 Å². The molecule has 0 fully saturated rings. The Morgan fingerprint density at radius 3 is 2.27 bits per heavy atom. The number of carbonyl (C=O) groups excluding carboxylic acids is 2. The van der Waals surface area contributed by atoms with Crippen molar-refractivity contribution in [3.8, 4) is 5.75 Å². The number of rotatable bonds is 6. The quantitative estimate of drug-likeness (QED) is 0.499. The third kappa shape index (κ3) is 4.14. The van der Waals surface area contributed by atoms with E-state index in [1.807, 2.05) is 77.1 Å². The minimum absolute atomic E-state index is 0.265. The minimum atomic E-state index is -0.402. The number of para-hydroxylation sites is 2. The zero-order valence-electron chi connectivity index (χ0n) is 19.7. The van der Waals surface area contributed by atoms with Crippen LogP contribution in [0.5, 0.6) is 5.75 Å². The maximum absolute atomic E-state index is 13.8. The minimum Gasteiger partial charge on any atom is -0.492 e. The van der Waals surface area contributed by atoms with Crippen LogP contribution in [0, 0.1) is 27.7 Å². The van der Waals surface area contributed by atoms with Gasteiger partial charge >= 0.3 is 0 Å². The van der Waals surface area contributed by atoms with E-state index >= 15 is 0 Å². The van der Waals surface area contributed by atoms with Gasteiger partial charge in [0.1, 0.15) is 11.4 Å². The molecule has 0 saturated heterocycles. The summed E-state index contributed by atoms with van der Waals surface area (Å²) in [6.07, 6.45) is 0. The molecule has 0 bridgehead atoms. The fourth-order valence-corrected chi connectivity index (χ4v) is 4.04. The summed E-state index contributed by atoms with van der Waals surface area (Å²) in [6.45, 7) is 10.3. The van der Waals surface area contributed by atoms with Crippen LogP contribution in [0.3, 0.4) is 0 Å². The summed E-state index contributed by atoms with van der Waals surface area (Å²) in [5, 5.41) is 3.28. The predicted octanol–water partition coefficient (Wildman–Crippen LogP) is 5.72. The normalized spacial score (nSPS) is 13.7. The number of hydrogen-bond acceptors (Lipinski definition) is 4. The molecular weight excluding hydrogens is 412 g/mol. The van der Waals surface area contributed by atoms with Crippen molar-refractivity contribution >= 4 is 28.8 Å². The molecule has 5 nitrogen and oxygen atoms in total. The summed E-state index contributed by atoms with van der Waals surface area (Å²) >= 11 is 0. The number of benzene rings is 3. The zero-order valence-corrected chi connectivity index (χ0v) is 19.7. The molecule has 1 N–H and O–H groups in total. The predicted molar refractivity (Wildman–Crippen MR) is 132 cm³/mol. The molecule has 4 rings (SSSR count). The Morgan fingerprint density at radius 2 is 1.58 bits per heavy atom. The van der Waals surface area contributed by atoms with E-state index in [1.54, 1.807) is 18.2 Å². The van der Waals surface area contributed by atoms with Gasteiger partial charge < -0.3 is 10.1 Å². The average Bonchev–Trinajstić information content (AvgIpc) is 3.02. The van der Waals surface area contributed by atoms with Gasteiger partial charge in [-0.2, -0.15) is 0 Å². The maximum atomic E-state index is 13.8. The van der Waals surface area contributed by atoms with E-state index in [9.17, 15) is 9.59 Å². The third-order valence-electron chi connectivity index (χ3n) is 5.93. The molecule has 0 aliphatic carbocycles. The highest BCUT2D eigenvalue weighted by Gasteiger charge is 2.41. The fraction of sp³-hybridized carbons (Fsp3) is 0.214. The number of ether oxygens (including phenoxy) is 1. The molecule has 168 valence electrons. The van der Waals surface area contributed by atoms with Crippen molar-refractivity contribution < 1.29 is 14.3 Å². The topological polar surface area (TPSA) is 58.6 Å². The Morgan fingerprint density at radius 1 is 0.818 bits per heavy atom. The molecule has 1 aliphatic rings. The van der Waals surface area contributed by atoms with Crippen molar-refractivity contribution in [2.45, 2.75) is 34.6 Å². The maximum Gasteiger partial charge on any atom is 0.282 e. The molecule has 2 amide bonds. The van der Waals surface area contributed by atoms with Crippen LogP contribution in [0.2, 0.25) is 0 Å². The van der Waals surface area contributed by atoms with Crippen LogP contribution in [0.15, 0.2) is 66.4 Å². The lowest BCUT2D eigenvalue weighted by Crippen LogP contribution is -2.32. The lowest BCUT2D eigenvalue weighted by Gasteiger charge is -2.19. The number of carbonyl (C=O) groups is 2. The van der Waals surface area contributed by atoms with Gasteiger partial charge in [-0.1, -0.05) is 48.0 Å². The Hall–Kier alpha value is -3.86. The molecule has 1 heterocycles. The smallest absolute Gasteiger partial charge is 0.282 e. The van der Waals surface area contributed by atoms with Crippen molar-refractivity contribution in [2.24, 2.45) is 0 Å². The lowest BCUT2D eigenvalue weighted by molar-refractivity contribution is -0.120. The van der Waals surface area contributed by atoms with Crippen molar-refractivity contribution in [3.05, 3.63) is 94.2 Å². The number of imide groups is 1. The molecule has 3 aromatic carbocycles. The van der Waals surface area contributed by atoms with Gasteiger partial charge in [-0.3, -0.25) is 9.59 Å². The molecule has 0 atom stereocenters. The lowest BCUT2D eigenvalue weighted by atomic mass is 9.99. The van der Waals surface area contributed by atoms with E-state index < -0.39 is 5.91 Å². The number of amides is 2. The fourth-order valence-electron chi connectivity index (χ4n) is 4.04. The van der Waals surface area contributed by atoms with Gasteiger partial charge in [0.05, 0.1) is 17.9 Å². The van der Waals surface area contributed by atoms with Gasteiger partial charge in [-0.15, -0.1) is 0 Å². The van der Waals surface area contributed by atoms with E-state index in [4.69, 9.17) is 4.74 Å². The van der Waals surface area contributed by atoms with Crippen molar-refractivity contribution in [3.63, 3.8) is 0 Å². The monoisotopic (exact) mass is 440 g/mol. The molecular formula is C28H28N2O3. The second-order valence-electron chi connectivity index (χ2n) is 8.34. The van der Waals surface area contributed by atoms with Gasteiger partial charge in [0.15, 0.2) is 0 Å². The van der Waals surface area contributed by atoms with Crippen molar-refractivity contribution in [1.82, 2.24) is 0 Å². The molecule has 5 heteroatoms. The summed E-state index contributed by atoms with van der Waals surface area (Å²) in [6, 6.07) is 18.9. The van der Waals surface area contributed by atoms with Crippen LogP contribution in [0.1, 0.15) is 34.7 Å². The van der Waals surface area contributed by atoms with E-state index in [0.29, 0.717) is 29.2 Å². The van der Waals surface area contributed by atoms with Gasteiger partial charge in [0.2, 0.25) is 0 Å². The number of nitrogens with one attached hydrogen (secondary N) is 1. The van der Waals surface area contributed by atoms with Crippen molar-refractivity contribution in [2.75, 3.05) is 16.8 Å². The zero-order chi connectivity index (χ0) is 23.7. The molecule has 0 saturated carbocycles. The van der Waals surface area contributed by atoms with E-state index in [2.05, 4.69) is 5.32 Å². The standard InChI is InChI=1S/C28H28N2O3/c1-6-33-24-10-8-7-9-23(24)30-27(31)25(21-13-12-18(3)19(4)16-21)26(28(30)32)29-22-14-11-17(2)15-20(22)5/h7-16,29H,6H2,1-5H3. The first-order valence-corrected chi connectivity index (χ1v) is 11.1. The highest BCUT2D eigenvalue weighted by atomic mass is 16.5. The van der Waals surface area contributed by atoms with Gasteiger partial charge in [-0.05, 0) is 75.1 Å². The van der Waals surface area contributed by atoms with Gasteiger partial charge in [-0.25, -0.2) is 4.90 Å². The molecule has 0 unspecified atom stereocenters. The largest absolute Gasteiger partial charge is 0.492 e. The molecule has 0 aromatic heterocycles. The molecule has 33 heavy (non-hydrogen) atoms.